The second-order valence-corrected chi connectivity index (χ2v) is 19.5. The zero-order chi connectivity index (χ0) is 39.7. The van der Waals surface area contributed by atoms with E-state index in [1.165, 1.54) is 0 Å². The van der Waals surface area contributed by atoms with Crippen molar-refractivity contribution >= 4 is 22.9 Å². The molecule has 0 bridgehead atoms. The third kappa shape index (κ3) is 9.91. The Morgan fingerprint density at radius 1 is 0.635 bits per heavy atom. The number of carbonyl (C=O) groups is 3. The van der Waals surface area contributed by atoms with E-state index in [0.29, 0.717) is 12.2 Å². The fourth-order valence-electron chi connectivity index (χ4n) is 7.08. The number of ketones is 3. The van der Waals surface area contributed by atoms with Gasteiger partial charge < -0.3 is 5.11 Å². The summed E-state index contributed by atoms with van der Waals surface area (Å²) < 4.78 is 0. The maximum Gasteiger partial charge on any atom is 0.186 e. The monoisotopic (exact) mass is 709 g/mol. The molecule has 4 heteroatoms. The van der Waals surface area contributed by atoms with E-state index in [0.717, 1.165) is 63.0 Å². The fraction of sp³-hybridized carbons (Fsp3) is 0.562. The summed E-state index contributed by atoms with van der Waals surface area (Å²) in [5.74, 6) is 0.359. The van der Waals surface area contributed by atoms with Gasteiger partial charge in [-0.1, -0.05) is 135 Å². The number of benzene rings is 2. The van der Waals surface area contributed by atoms with Gasteiger partial charge in [-0.3, -0.25) is 14.4 Å². The van der Waals surface area contributed by atoms with Gasteiger partial charge in [0.15, 0.2) is 5.78 Å². The molecule has 0 saturated carbocycles. The number of hydrogen-bond donors (Lipinski definition) is 1. The Balaban J connectivity index is 2.33. The molecule has 0 heterocycles. The van der Waals surface area contributed by atoms with Crippen molar-refractivity contribution in [3.63, 3.8) is 0 Å². The van der Waals surface area contributed by atoms with Crippen molar-refractivity contribution in [3.05, 3.63) is 93.1 Å². The number of Topliss-reactive ketones (excluding diaryl/α,β-unsaturated/α-hetero) is 3. The number of allylic oxidation sites excluding steroid dienone is 5. The second-order valence-electron chi connectivity index (χ2n) is 19.5. The van der Waals surface area contributed by atoms with Gasteiger partial charge >= 0.3 is 0 Å². The zero-order valence-corrected chi connectivity index (χ0v) is 35.4. The highest BCUT2D eigenvalue weighted by molar-refractivity contribution is 6.12. The maximum absolute atomic E-state index is 14.0. The van der Waals surface area contributed by atoms with Gasteiger partial charge in [0.1, 0.15) is 17.3 Å². The number of rotatable bonds is 11. The van der Waals surface area contributed by atoms with Crippen LogP contribution < -0.4 is 0 Å². The molecule has 0 spiro atoms. The first kappa shape index (κ1) is 42.9. The highest BCUT2D eigenvalue weighted by Gasteiger charge is 2.36. The smallest absolute Gasteiger partial charge is 0.186 e. The lowest BCUT2D eigenvalue weighted by molar-refractivity contribution is -0.131. The van der Waals surface area contributed by atoms with Crippen LogP contribution >= 0.6 is 0 Å². The van der Waals surface area contributed by atoms with Gasteiger partial charge in [-0.05, 0) is 99.0 Å². The average molecular weight is 709 g/mol. The van der Waals surface area contributed by atoms with E-state index in [2.05, 4.69) is 139 Å². The topological polar surface area (TPSA) is 71.4 Å². The molecule has 0 saturated heterocycles. The minimum atomic E-state index is -0.369. The van der Waals surface area contributed by atoms with E-state index in [9.17, 15) is 19.5 Å². The normalized spacial score (nSPS) is 16.2. The number of carbonyl (C=O) groups excluding carboxylic acids is 3. The van der Waals surface area contributed by atoms with Crippen molar-refractivity contribution in [1.29, 1.82) is 0 Å². The SMILES string of the molecule is CCC(C)C(=O)CC(=O)C(C)CC(CC)c1ccc(C(=C2C=C(C(C)(C)C)C(=O)C(C(C)(C)C)=C2)c2cc(C(C)(C)C)c(O)c(C(C)(C)C)c2)cc1. The van der Waals surface area contributed by atoms with Crippen LogP contribution in [-0.2, 0) is 25.2 Å². The van der Waals surface area contributed by atoms with Gasteiger partial charge in [0.2, 0.25) is 0 Å². The van der Waals surface area contributed by atoms with Crippen LogP contribution in [0.3, 0.4) is 0 Å². The first-order valence-corrected chi connectivity index (χ1v) is 19.5. The Labute approximate surface area is 316 Å². The van der Waals surface area contributed by atoms with Crippen LogP contribution in [0.1, 0.15) is 170 Å². The molecule has 0 aliphatic heterocycles. The molecule has 0 aromatic heterocycles. The third-order valence-corrected chi connectivity index (χ3v) is 10.9. The highest BCUT2D eigenvalue weighted by Crippen LogP contribution is 2.46. The van der Waals surface area contributed by atoms with Crippen LogP contribution in [0.25, 0.3) is 5.57 Å². The molecule has 3 unspecified atom stereocenters. The quantitative estimate of drug-likeness (QED) is 0.236. The van der Waals surface area contributed by atoms with Crippen LogP contribution in [0.5, 0.6) is 5.75 Å². The summed E-state index contributed by atoms with van der Waals surface area (Å²) in [5, 5.41) is 11.7. The van der Waals surface area contributed by atoms with Crippen molar-refractivity contribution in [3.8, 4) is 5.75 Å². The van der Waals surface area contributed by atoms with Gasteiger partial charge in [0.05, 0.1) is 6.42 Å². The Hall–Kier alpha value is -3.53. The number of phenols is 1. The van der Waals surface area contributed by atoms with Crippen LogP contribution in [0.2, 0.25) is 0 Å². The molecule has 1 aliphatic rings. The van der Waals surface area contributed by atoms with Crippen molar-refractivity contribution in [1.82, 2.24) is 0 Å². The maximum atomic E-state index is 14.0. The Kier molecular flexibility index (Phi) is 13.1. The first-order valence-electron chi connectivity index (χ1n) is 19.5. The molecule has 4 nitrogen and oxygen atoms in total. The molecule has 52 heavy (non-hydrogen) atoms. The zero-order valence-electron chi connectivity index (χ0n) is 35.4. The summed E-state index contributed by atoms with van der Waals surface area (Å²) in [4.78, 5) is 39.7. The minimum Gasteiger partial charge on any atom is -0.507 e. The van der Waals surface area contributed by atoms with E-state index in [-0.39, 0.29) is 63.2 Å². The molecule has 0 amide bonds. The Morgan fingerprint density at radius 2 is 1.08 bits per heavy atom. The molecular weight excluding hydrogens is 641 g/mol. The minimum absolute atomic E-state index is 0.0128. The predicted octanol–water partition coefficient (Wildman–Crippen LogP) is 12.4. The van der Waals surface area contributed by atoms with Crippen LogP contribution in [0.15, 0.2) is 65.3 Å². The number of phenolic OH excluding ortho intramolecular Hbond substituents is 1. The van der Waals surface area contributed by atoms with Crippen molar-refractivity contribution in [2.45, 2.75) is 153 Å². The van der Waals surface area contributed by atoms with Crippen LogP contribution in [-0.4, -0.2) is 22.5 Å². The van der Waals surface area contributed by atoms with Crippen molar-refractivity contribution < 1.29 is 19.5 Å². The van der Waals surface area contributed by atoms with Gasteiger partial charge in [-0.2, -0.15) is 0 Å². The summed E-state index contributed by atoms with van der Waals surface area (Å²) in [6.07, 6.45) is 6.50. The standard InChI is InChI=1S/C48H68O4/c1-17-29(3)40(49)28-41(50)30(4)23-31(18-2)32-19-21-33(22-20-32)42(34-24-36(45(5,6)7)43(51)37(25-34)46(8,9)10)35-26-38(47(11,12)13)44(52)39(27-35)48(14,15)16/h19-22,24-27,29-31,51H,17-18,23,28H2,1-16H3. The summed E-state index contributed by atoms with van der Waals surface area (Å²) in [7, 11) is 0. The number of hydrogen-bond acceptors (Lipinski definition) is 4. The third-order valence-electron chi connectivity index (χ3n) is 10.9. The van der Waals surface area contributed by atoms with Crippen molar-refractivity contribution in [2.75, 3.05) is 0 Å². The lowest BCUT2D eigenvalue weighted by Gasteiger charge is -2.33. The van der Waals surface area contributed by atoms with E-state index < -0.39 is 0 Å². The molecule has 2 aromatic rings. The summed E-state index contributed by atoms with van der Waals surface area (Å²) in [6.45, 7) is 33.4. The predicted molar refractivity (Wildman–Crippen MR) is 219 cm³/mol. The van der Waals surface area contributed by atoms with E-state index >= 15 is 0 Å². The second kappa shape index (κ2) is 15.8. The van der Waals surface area contributed by atoms with E-state index in [1.807, 2.05) is 20.8 Å². The Bertz CT molecular complexity index is 1680. The van der Waals surface area contributed by atoms with Gasteiger partial charge in [-0.25, -0.2) is 0 Å². The molecule has 1 aliphatic carbocycles. The van der Waals surface area contributed by atoms with Gasteiger partial charge in [0, 0.05) is 34.1 Å². The van der Waals surface area contributed by atoms with E-state index in [4.69, 9.17) is 0 Å². The van der Waals surface area contributed by atoms with E-state index in [1.54, 1.807) is 0 Å². The van der Waals surface area contributed by atoms with Crippen LogP contribution in [0, 0.1) is 22.7 Å². The summed E-state index contributed by atoms with van der Waals surface area (Å²) >= 11 is 0. The fourth-order valence-corrected chi connectivity index (χ4v) is 7.08. The van der Waals surface area contributed by atoms with Gasteiger partial charge in [-0.15, -0.1) is 0 Å². The summed E-state index contributed by atoms with van der Waals surface area (Å²) in [5.41, 5.74) is 7.13. The molecule has 3 rings (SSSR count). The molecule has 1 N–H and O–H groups in total. The molecule has 0 radical (unpaired) electrons. The molecule has 0 fully saturated rings. The molecule has 2 aromatic carbocycles. The molecule has 284 valence electrons. The van der Waals surface area contributed by atoms with Crippen LogP contribution in [0.4, 0.5) is 0 Å². The lowest BCUT2D eigenvalue weighted by atomic mass is 9.70. The van der Waals surface area contributed by atoms with Gasteiger partial charge in [0.25, 0.3) is 0 Å². The first-order chi connectivity index (χ1) is 23.7. The highest BCUT2D eigenvalue weighted by atomic mass is 16.3. The molecular formula is C48H68O4. The van der Waals surface area contributed by atoms with Crippen molar-refractivity contribution in [2.24, 2.45) is 22.7 Å². The summed E-state index contributed by atoms with van der Waals surface area (Å²) in [6, 6.07) is 13.0. The number of aromatic hydroxyl groups is 1. The largest absolute Gasteiger partial charge is 0.507 e. The molecule has 3 atom stereocenters. The average Bonchev–Trinajstić information content (AvgIpc) is 3.02. The Morgan fingerprint density at radius 3 is 1.46 bits per heavy atom. The lowest BCUT2D eigenvalue weighted by Crippen LogP contribution is -2.28.